The molecule has 0 amide bonds. The Morgan fingerprint density at radius 1 is 1.00 bits per heavy atom. The first kappa shape index (κ1) is 40.1. The van der Waals surface area contributed by atoms with Gasteiger partial charge in [0, 0.05) is 64.0 Å². The van der Waals surface area contributed by atoms with Crippen LogP contribution in [0.15, 0.2) is 0 Å². The summed E-state index contributed by atoms with van der Waals surface area (Å²) in [6.07, 6.45) is 0. The standard InChI is InChI=1S/Cu.Ni.Si.Zn. The largest absolute Gasteiger partial charge is 0 e. The summed E-state index contributed by atoms with van der Waals surface area (Å²) in [6.45, 7) is 0. The van der Waals surface area contributed by atoms with Gasteiger partial charge in [0.05, 0.1) is 0 Å². The topological polar surface area (TPSA) is 0 Å². The van der Waals surface area contributed by atoms with E-state index in [0.29, 0.717) is 0 Å². The van der Waals surface area contributed by atoms with Crippen LogP contribution in [0.3, 0.4) is 0 Å². The minimum Gasteiger partial charge on any atom is 0 e. The SMILES string of the molecule is [Cu].[Ni].[Si].[Zn]. The molecular formula is CuNiSiZn. The Bertz CT molecular complexity index is 8.00. The fourth-order valence-electron chi connectivity index (χ4n) is 0. The molecule has 0 aliphatic rings. The minimum absolute atomic E-state index is 0. The van der Waals surface area contributed by atoms with Crippen LogP contribution in [0.5, 0.6) is 0 Å². The zero-order valence-electron chi connectivity index (χ0n) is 1.82. The summed E-state index contributed by atoms with van der Waals surface area (Å²) in [7, 11) is 0. The van der Waals surface area contributed by atoms with Gasteiger partial charge in [-0.25, -0.2) is 0 Å². The predicted octanol–water partition coefficient (Wildman–Crippen LogP) is -0.388. The third kappa shape index (κ3) is 9.13. The Kier molecular flexibility index (Phi) is 211. The molecule has 0 bridgehead atoms. The fourth-order valence-corrected chi connectivity index (χ4v) is 0. The summed E-state index contributed by atoms with van der Waals surface area (Å²) in [5.41, 5.74) is 0. The van der Waals surface area contributed by atoms with Crippen molar-refractivity contribution in [3.8, 4) is 0 Å². The van der Waals surface area contributed by atoms with E-state index in [4.69, 9.17) is 0 Å². The van der Waals surface area contributed by atoms with Gasteiger partial charge in [0.25, 0.3) is 0 Å². The second-order valence-corrected chi connectivity index (χ2v) is 0. The van der Waals surface area contributed by atoms with Crippen LogP contribution in [-0.2, 0) is 53.0 Å². The molecule has 0 aliphatic carbocycles. The van der Waals surface area contributed by atoms with Crippen LogP contribution in [0.25, 0.3) is 0 Å². The molecule has 0 saturated carbocycles. The second-order valence-electron chi connectivity index (χ2n) is 0. The van der Waals surface area contributed by atoms with Crippen LogP contribution in [0.1, 0.15) is 0 Å². The smallest absolute Gasteiger partial charge is 0 e. The van der Waals surface area contributed by atoms with E-state index in [1.807, 2.05) is 0 Å². The van der Waals surface area contributed by atoms with Crippen molar-refractivity contribution >= 4 is 11.0 Å². The number of hydrogen-bond acceptors (Lipinski definition) is 0. The molecule has 4 heteroatoms. The van der Waals surface area contributed by atoms with Gasteiger partial charge in [-0.1, -0.05) is 0 Å². The quantitative estimate of drug-likeness (QED) is 0.483. The van der Waals surface area contributed by atoms with E-state index in [0.717, 1.165) is 0 Å². The van der Waals surface area contributed by atoms with E-state index < -0.39 is 0 Å². The van der Waals surface area contributed by atoms with Gasteiger partial charge in [-0.15, -0.1) is 0 Å². The van der Waals surface area contributed by atoms with Gasteiger partial charge in [0.1, 0.15) is 0 Å². The van der Waals surface area contributed by atoms with Crippen molar-refractivity contribution in [1.82, 2.24) is 0 Å². The van der Waals surface area contributed by atoms with Gasteiger partial charge >= 0.3 is 0 Å². The molecule has 0 aliphatic heterocycles. The maximum atomic E-state index is 0. The summed E-state index contributed by atoms with van der Waals surface area (Å²) in [6, 6.07) is 0. The Morgan fingerprint density at radius 2 is 1.00 bits per heavy atom. The maximum absolute atomic E-state index is 0. The zero-order chi connectivity index (χ0) is 0. The summed E-state index contributed by atoms with van der Waals surface area (Å²) >= 11 is 0. The molecular weight excluding hydrogens is 216 g/mol. The average molecular weight is 216 g/mol. The molecule has 0 saturated heterocycles. The van der Waals surface area contributed by atoms with Gasteiger partial charge in [-0.2, -0.15) is 0 Å². The molecule has 0 spiro atoms. The minimum atomic E-state index is 0. The average Bonchev–Trinajstić information content (AvgIpc) is 0. The zero-order valence-corrected chi connectivity index (χ0v) is 7.72. The van der Waals surface area contributed by atoms with Crippen molar-refractivity contribution in [3.63, 3.8) is 0 Å². The molecule has 0 aromatic carbocycles. The van der Waals surface area contributed by atoms with E-state index in [1.54, 1.807) is 0 Å². The molecule has 5 radical (unpaired) electrons. The molecule has 0 rings (SSSR count). The summed E-state index contributed by atoms with van der Waals surface area (Å²) in [5, 5.41) is 0. The van der Waals surface area contributed by atoms with Crippen LogP contribution < -0.4 is 0 Å². The first-order valence-electron chi connectivity index (χ1n) is 0. The molecule has 0 heterocycles. The van der Waals surface area contributed by atoms with Gasteiger partial charge in [-0.05, 0) is 0 Å². The van der Waals surface area contributed by atoms with Gasteiger partial charge in [-0.3, -0.25) is 0 Å². The van der Waals surface area contributed by atoms with E-state index in [-0.39, 0.29) is 64.0 Å². The van der Waals surface area contributed by atoms with Crippen molar-refractivity contribution in [3.05, 3.63) is 0 Å². The molecule has 0 N–H and O–H groups in total. The third-order valence-electron chi connectivity index (χ3n) is 0. The Balaban J connectivity index is 0. The van der Waals surface area contributed by atoms with Crippen LogP contribution in [0, 0.1) is 0 Å². The van der Waals surface area contributed by atoms with Crippen molar-refractivity contribution in [2.75, 3.05) is 0 Å². The van der Waals surface area contributed by atoms with E-state index >= 15 is 0 Å². The van der Waals surface area contributed by atoms with Crippen LogP contribution >= 0.6 is 0 Å². The van der Waals surface area contributed by atoms with Crippen LogP contribution in [-0.4, -0.2) is 11.0 Å². The van der Waals surface area contributed by atoms with E-state index in [2.05, 4.69) is 0 Å². The molecule has 0 nitrogen and oxygen atoms in total. The van der Waals surface area contributed by atoms with Gasteiger partial charge in [0.2, 0.25) is 0 Å². The third-order valence-corrected chi connectivity index (χ3v) is 0. The molecule has 0 aromatic rings. The number of hydrogen-bond donors (Lipinski definition) is 0. The summed E-state index contributed by atoms with van der Waals surface area (Å²) < 4.78 is 0. The van der Waals surface area contributed by atoms with Crippen molar-refractivity contribution in [2.45, 2.75) is 0 Å². The Hall–Kier alpha value is 1.85. The number of rotatable bonds is 0. The van der Waals surface area contributed by atoms with E-state index in [1.165, 1.54) is 0 Å². The second kappa shape index (κ2) is 21.0. The first-order chi connectivity index (χ1) is 0. The summed E-state index contributed by atoms with van der Waals surface area (Å²) in [5.74, 6) is 0. The maximum Gasteiger partial charge on any atom is 0 e. The van der Waals surface area contributed by atoms with Gasteiger partial charge < -0.3 is 0 Å². The fraction of sp³-hybridized carbons (Fsp3) is 0. The molecule has 27 valence electrons. The van der Waals surface area contributed by atoms with Crippen LogP contribution in [0.4, 0.5) is 0 Å². The molecule has 0 aromatic heterocycles. The molecule has 0 atom stereocenters. The normalized spacial score (nSPS) is 0. The Morgan fingerprint density at radius 3 is 1.00 bits per heavy atom. The summed E-state index contributed by atoms with van der Waals surface area (Å²) in [4.78, 5) is 0. The monoisotopic (exact) mass is 213 g/mol. The first-order valence-corrected chi connectivity index (χ1v) is 0. The van der Waals surface area contributed by atoms with Crippen molar-refractivity contribution in [1.29, 1.82) is 0 Å². The van der Waals surface area contributed by atoms with E-state index in [9.17, 15) is 0 Å². The Labute approximate surface area is 63.7 Å². The molecule has 0 unspecified atom stereocenters. The van der Waals surface area contributed by atoms with Crippen molar-refractivity contribution in [2.24, 2.45) is 0 Å². The van der Waals surface area contributed by atoms with Crippen LogP contribution in [0.2, 0.25) is 0 Å². The predicted molar refractivity (Wildman–Crippen MR) is 5.75 cm³/mol. The van der Waals surface area contributed by atoms with Gasteiger partial charge in [0.15, 0.2) is 0 Å². The van der Waals surface area contributed by atoms with Crippen molar-refractivity contribution < 1.29 is 53.0 Å². The molecule has 4 heavy (non-hydrogen) atoms. The molecule has 0 fully saturated rings.